The normalized spacial score (nSPS) is 13.6. The van der Waals surface area contributed by atoms with Gasteiger partial charge in [0.15, 0.2) is 11.5 Å². The Bertz CT molecular complexity index is 793. The Morgan fingerprint density at radius 1 is 1.11 bits per heavy atom. The van der Waals surface area contributed by atoms with Crippen molar-refractivity contribution in [3.63, 3.8) is 0 Å². The molecule has 0 spiro atoms. The van der Waals surface area contributed by atoms with E-state index in [1.807, 2.05) is 32.3 Å². The Labute approximate surface area is 165 Å². The third kappa shape index (κ3) is 5.45. The van der Waals surface area contributed by atoms with Crippen LogP contribution in [0.4, 0.5) is 4.39 Å². The van der Waals surface area contributed by atoms with E-state index in [2.05, 4.69) is 10.2 Å². The first-order valence-corrected chi connectivity index (χ1v) is 9.60. The molecule has 1 amide bonds. The lowest BCUT2D eigenvalue weighted by molar-refractivity contribution is -0.121. The Morgan fingerprint density at radius 3 is 2.61 bits per heavy atom. The largest absolute Gasteiger partial charge is 0.454 e. The summed E-state index contributed by atoms with van der Waals surface area (Å²) in [5.74, 6) is 1.33. The minimum atomic E-state index is -0.221. The summed E-state index contributed by atoms with van der Waals surface area (Å²) in [4.78, 5) is 14.3. The molecule has 1 atom stereocenters. The van der Waals surface area contributed by atoms with Crippen LogP contribution in [0, 0.1) is 5.82 Å². The van der Waals surface area contributed by atoms with Gasteiger partial charge in [-0.15, -0.1) is 0 Å². The van der Waals surface area contributed by atoms with Gasteiger partial charge in [0.05, 0.1) is 6.04 Å². The van der Waals surface area contributed by atoms with Crippen molar-refractivity contribution < 1.29 is 18.7 Å². The maximum Gasteiger partial charge on any atom is 0.231 e. The molecule has 28 heavy (non-hydrogen) atoms. The molecule has 0 aromatic heterocycles. The third-order valence-electron chi connectivity index (χ3n) is 4.93. The number of rotatable bonds is 9. The maximum atomic E-state index is 12.9. The Morgan fingerprint density at radius 2 is 1.86 bits per heavy atom. The monoisotopic (exact) mass is 386 g/mol. The molecule has 0 aliphatic carbocycles. The van der Waals surface area contributed by atoms with Gasteiger partial charge in [0.1, 0.15) is 5.82 Å². The first-order chi connectivity index (χ1) is 13.5. The van der Waals surface area contributed by atoms with Gasteiger partial charge in [-0.2, -0.15) is 0 Å². The third-order valence-corrected chi connectivity index (χ3v) is 4.93. The zero-order valence-corrected chi connectivity index (χ0v) is 16.4. The Balaban J connectivity index is 1.43. The van der Waals surface area contributed by atoms with Crippen molar-refractivity contribution in [2.75, 3.05) is 27.4 Å². The molecule has 0 saturated heterocycles. The Hall–Kier alpha value is -2.60. The van der Waals surface area contributed by atoms with E-state index < -0.39 is 0 Å². The van der Waals surface area contributed by atoms with Crippen LogP contribution in [0.15, 0.2) is 42.5 Å². The second-order valence-electron chi connectivity index (χ2n) is 7.23. The number of aryl methyl sites for hydroxylation is 1. The molecule has 0 saturated carbocycles. The number of hydrogen-bond donors (Lipinski definition) is 1. The van der Waals surface area contributed by atoms with Crippen LogP contribution in [-0.4, -0.2) is 38.2 Å². The van der Waals surface area contributed by atoms with Crippen LogP contribution < -0.4 is 14.8 Å². The lowest BCUT2D eigenvalue weighted by atomic mass is 10.0. The van der Waals surface area contributed by atoms with E-state index in [4.69, 9.17) is 9.47 Å². The number of nitrogens with zero attached hydrogens (tertiary/aromatic N) is 1. The summed E-state index contributed by atoms with van der Waals surface area (Å²) in [7, 11) is 3.98. The predicted octanol–water partition coefficient (Wildman–Crippen LogP) is 3.69. The number of unbranched alkanes of at least 4 members (excludes halogenated alkanes) is 1. The predicted molar refractivity (Wildman–Crippen MR) is 106 cm³/mol. The van der Waals surface area contributed by atoms with Gasteiger partial charge in [0.2, 0.25) is 12.7 Å². The highest BCUT2D eigenvalue weighted by molar-refractivity contribution is 5.75. The van der Waals surface area contributed by atoms with Crippen molar-refractivity contribution in [2.45, 2.75) is 31.7 Å². The van der Waals surface area contributed by atoms with Crippen LogP contribution in [0.25, 0.3) is 0 Å². The number of amides is 1. The van der Waals surface area contributed by atoms with Crippen LogP contribution in [0.5, 0.6) is 11.5 Å². The molecule has 0 fully saturated rings. The van der Waals surface area contributed by atoms with Gasteiger partial charge in [0, 0.05) is 13.0 Å². The highest BCUT2D eigenvalue weighted by Crippen LogP contribution is 2.34. The van der Waals surface area contributed by atoms with Crippen molar-refractivity contribution in [1.82, 2.24) is 10.2 Å². The van der Waals surface area contributed by atoms with E-state index >= 15 is 0 Å². The molecule has 6 heteroatoms. The highest BCUT2D eigenvalue weighted by Gasteiger charge is 2.20. The molecule has 2 aromatic rings. The van der Waals surface area contributed by atoms with E-state index in [0.29, 0.717) is 13.0 Å². The number of nitrogens with one attached hydrogen (secondary N) is 1. The van der Waals surface area contributed by atoms with Crippen LogP contribution in [-0.2, 0) is 11.2 Å². The van der Waals surface area contributed by atoms with Gasteiger partial charge >= 0.3 is 0 Å². The van der Waals surface area contributed by atoms with E-state index in [9.17, 15) is 9.18 Å². The fourth-order valence-corrected chi connectivity index (χ4v) is 3.28. The number of likely N-dealkylation sites (N-methyl/N-ethyl adjacent to an activating group) is 1. The van der Waals surface area contributed by atoms with Gasteiger partial charge in [-0.1, -0.05) is 18.2 Å². The highest BCUT2D eigenvalue weighted by atomic mass is 19.1. The molecule has 5 nitrogen and oxygen atoms in total. The summed E-state index contributed by atoms with van der Waals surface area (Å²) < 4.78 is 23.7. The molecular weight excluding hydrogens is 359 g/mol. The van der Waals surface area contributed by atoms with E-state index in [-0.39, 0.29) is 24.6 Å². The molecule has 0 bridgehead atoms. The minimum Gasteiger partial charge on any atom is -0.454 e. The Kier molecular flexibility index (Phi) is 6.87. The fraction of sp³-hybridized carbons (Fsp3) is 0.409. The van der Waals surface area contributed by atoms with Crippen molar-refractivity contribution >= 4 is 5.91 Å². The molecule has 1 N–H and O–H groups in total. The molecule has 3 rings (SSSR count). The average molecular weight is 386 g/mol. The van der Waals surface area contributed by atoms with Crippen molar-refractivity contribution in [1.29, 1.82) is 0 Å². The number of fused-ring (bicyclic) bond motifs is 1. The quantitative estimate of drug-likeness (QED) is 0.668. The fourth-order valence-electron chi connectivity index (χ4n) is 3.28. The summed E-state index contributed by atoms with van der Waals surface area (Å²) in [6.07, 6.45) is 3.05. The molecular formula is C22H27FN2O3. The maximum absolute atomic E-state index is 12.9. The SMILES string of the molecule is CN(C)C(CNC(=O)CCCCc1ccc(F)cc1)c1ccc2c(c1)OCO2. The van der Waals surface area contributed by atoms with E-state index in [1.165, 1.54) is 12.1 Å². The zero-order chi connectivity index (χ0) is 19.9. The van der Waals surface area contributed by atoms with Crippen LogP contribution in [0.2, 0.25) is 0 Å². The number of carbonyl (C=O) groups is 1. The smallest absolute Gasteiger partial charge is 0.231 e. The van der Waals surface area contributed by atoms with Gasteiger partial charge in [0.25, 0.3) is 0 Å². The number of ether oxygens (including phenoxy) is 2. The summed E-state index contributed by atoms with van der Waals surface area (Å²) >= 11 is 0. The van der Waals surface area contributed by atoms with Crippen molar-refractivity contribution in [3.8, 4) is 11.5 Å². The summed E-state index contributed by atoms with van der Waals surface area (Å²) in [6.45, 7) is 0.781. The molecule has 1 aliphatic rings. The zero-order valence-electron chi connectivity index (χ0n) is 16.4. The van der Waals surface area contributed by atoms with Crippen LogP contribution in [0.1, 0.15) is 36.4 Å². The van der Waals surface area contributed by atoms with E-state index in [1.54, 1.807) is 12.1 Å². The minimum absolute atomic E-state index is 0.0479. The summed E-state index contributed by atoms with van der Waals surface area (Å²) in [6, 6.07) is 12.5. The lowest BCUT2D eigenvalue weighted by Crippen LogP contribution is -2.34. The number of benzene rings is 2. The molecule has 1 heterocycles. The van der Waals surface area contributed by atoms with Crippen molar-refractivity contribution in [3.05, 3.63) is 59.4 Å². The molecule has 150 valence electrons. The summed E-state index contributed by atoms with van der Waals surface area (Å²) in [5, 5.41) is 3.03. The number of hydrogen-bond acceptors (Lipinski definition) is 4. The molecule has 2 aromatic carbocycles. The first-order valence-electron chi connectivity index (χ1n) is 9.60. The molecule has 1 aliphatic heterocycles. The lowest BCUT2D eigenvalue weighted by Gasteiger charge is -2.25. The van der Waals surface area contributed by atoms with Gasteiger partial charge in [-0.3, -0.25) is 4.79 Å². The van der Waals surface area contributed by atoms with Crippen LogP contribution in [0.3, 0.4) is 0 Å². The standard InChI is InChI=1S/C22H27FN2O3/c1-25(2)19(17-9-12-20-21(13-17)28-15-27-20)14-24-22(26)6-4-3-5-16-7-10-18(23)11-8-16/h7-13,19H,3-6,14-15H2,1-2H3,(H,24,26). The van der Waals surface area contributed by atoms with Crippen LogP contribution >= 0.6 is 0 Å². The van der Waals surface area contributed by atoms with Gasteiger partial charge in [-0.25, -0.2) is 4.39 Å². The van der Waals surface area contributed by atoms with Gasteiger partial charge in [-0.05, 0) is 68.8 Å². The summed E-state index contributed by atoms with van der Waals surface area (Å²) in [5.41, 5.74) is 2.17. The van der Waals surface area contributed by atoms with E-state index in [0.717, 1.165) is 41.9 Å². The average Bonchev–Trinajstić information content (AvgIpc) is 3.14. The molecule has 0 radical (unpaired) electrons. The molecule has 1 unspecified atom stereocenters. The second-order valence-corrected chi connectivity index (χ2v) is 7.23. The first kappa shape index (κ1) is 20.1. The van der Waals surface area contributed by atoms with Gasteiger partial charge < -0.3 is 19.7 Å². The second kappa shape index (κ2) is 9.55. The number of halogens is 1. The van der Waals surface area contributed by atoms with Crippen molar-refractivity contribution in [2.24, 2.45) is 0 Å². The topological polar surface area (TPSA) is 50.8 Å². The number of carbonyl (C=O) groups excluding carboxylic acids is 1.